The topological polar surface area (TPSA) is 88.9 Å². The van der Waals surface area contributed by atoms with Gasteiger partial charge in [0.15, 0.2) is 0 Å². The summed E-state index contributed by atoms with van der Waals surface area (Å²) in [6.07, 6.45) is 1.71. The number of nitrogens with zero attached hydrogens (tertiary/aromatic N) is 5. The number of H-pyrrole nitrogens is 1. The molecule has 4 rings (SSSR count). The van der Waals surface area contributed by atoms with Gasteiger partial charge in [0.1, 0.15) is 17.7 Å². The van der Waals surface area contributed by atoms with E-state index in [-0.39, 0.29) is 5.56 Å². The monoisotopic (exact) mass is 346 g/mol. The molecule has 1 aromatic carbocycles. The second kappa shape index (κ2) is 6.94. The van der Waals surface area contributed by atoms with Gasteiger partial charge in [0.2, 0.25) is 0 Å². The zero-order chi connectivity index (χ0) is 17.9. The number of para-hydroxylation sites is 1. The van der Waals surface area contributed by atoms with Crippen molar-refractivity contribution in [1.82, 2.24) is 19.9 Å². The van der Waals surface area contributed by atoms with E-state index in [4.69, 9.17) is 0 Å². The summed E-state index contributed by atoms with van der Waals surface area (Å²) < 4.78 is 0. The number of benzene rings is 1. The van der Waals surface area contributed by atoms with Crippen LogP contribution in [0.4, 0.5) is 5.82 Å². The van der Waals surface area contributed by atoms with Crippen molar-refractivity contribution >= 4 is 16.7 Å². The highest BCUT2D eigenvalue weighted by Gasteiger charge is 2.20. The van der Waals surface area contributed by atoms with Crippen molar-refractivity contribution in [3.8, 4) is 6.07 Å². The van der Waals surface area contributed by atoms with Crippen LogP contribution in [-0.2, 0) is 6.54 Å². The lowest BCUT2D eigenvalue weighted by Gasteiger charge is -2.35. The molecule has 0 saturated carbocycles. The van der Waals surface area contributed by atoms with Crippen molar-refractivity contribution < 1.29 is 0 Å². The number of piperazine rings is 1. The second-order valence-corrected chi connectivity index (χ2v) is 6.28. The van der Waals surface area contributed by atoms with Crippen LogP contribution in [0.1, 0.15) is 11.4 Å². The first-order valence-electron chi connectivity index (χ1n) is 8.55. The maximum absolute atomic E-state index is 12.2. The van der Waals surface area contributed by atoms with E-state index in [1.807, 2.05) is 18.2 Å². The van der Waals surface area contributed by atoms with Gasteiger partial charge in [0.05, 0.1) is 23.0 Å². The molecule has 0 atom stereocenters. The Labute approximate surface area is 150 Å². The summed E-state index contributed by atoms with van der Waals surface area (Å²) in [5.41, 5.74) is 1.22. The summed E-state index contributed by atoms with van der Waals surface area (Å²) in [5.74, 6) is 1.42. The number of rotatable bonds is 3. The van der Waals surface area contributed by atoms with Crippen LogP contribution in [0.5, 0.6) is 0 Å². The number of hydrogen-bond acceptors (Lipinski definition) is 6. The van der Waals surface area contributed by atoms with E-state index in [1.54, 1.807) is 24.4 Å². The zero-order valence-electron chi connectivity index (χ0n) is 14.2. The number of aromatic amines is 1. The highest BCUT2D eigenvalue weighted by molar-refractivity contribution is 5.77. The van der Waals surface area contributed by atoms with Gasteiger partial charge in [-0.2, -0.15) is 5.26 Å². The van der Waals surface area contributed by atoms with Gasteiger partial charge in [0.25, 0.3) is 5.56 Å². The van der Waals surface area contributed by atoms with E-state index in [1.165, 1.54) is 0 Å². The van der Waals surface area contributed by atoms with Crippen LogP contribution < -0.4 is 10.5 Å². The Kier molecular flexibility index (Phi) is 4.33. The molecule has 0 aliphatic carbocycles. The molecule has 0 unspecified atom stereocenters. The van der Waals surface area contributed by atoms with Crippen molar-refractivity contribution in [2.75, 3.05) is 31.1 Å². The molecule has 1 N–H and O–H groups in total. The lowest BCUT2D eigenvalue weighted by atomic mass is 10.2. The lowest BCUT2D eigenvalue weighted by Crippen LogP contribution is -2.46. The molecule has 1 aliphatic rings. The Morgan fingerprint density at radius 2 is 1.92 bits per heavy atom. The molecule has 1 aliphatic heterocycles. The minimum absolute atomic E-state index is 0.101. The van der Waals surface area contributed by atoms with Crippen molar-refractivity contribution in [1.29, 1.82) is 5.26 Å². The Morgan fingerprint density at radius 3 is 2.73 bits per heavy atom. The minimum atomic E-state index is -0.101. The van der Waals surface area contributed by atoms with Crippen molar-refractivity contribution in [3.05, 3.63) is 64.3 Å². The fourth-order valence-corrected chi connectivity index (χ4v) is 3.28. The number of fused-ring (bicyclic) bond motifs is 1. The van der Waals surface area contributed by atoms with Crippen LogP contribution in [-0.4, -0.2) is 46.0 Å². The number of anilines is 1. The van der Waals surface area contributed by atoms with Crippen molar-refractivity contribution in [2.45, 2.75) is 6.54 Å². The standard InChI is InChI=1S/C19H18N6O/c20-12-14-4-3-7-21-18(14)25-10-8-24(9-11-25)13-17-22-16-6-2-1-5-15(16)19(26)23-17/h1-7H,8-11,13H2,(H,22,23,26). The number of nitrogens with one attached hydrogen (secondary N) is 1. The molecule has 0 spiro atoms. The van der Waals surface area contributed by atoms with E-state index < -0.39 is 0 Å². The number of pyridine rings is 1. The molecular weight excluding hydrogens is 328 g/mol. The van der Waals surface area contributed by atoms with Gasteiger partial charge >= 0.3 is 0 Å². The number of hydrogen-bond donors (Lipinski definition) is 1. The molecule has 1 saturated heterocycles. The van der Waals surface area contributed by atoms with Gasteiger partial charge < -0.3 is 9.88 Å². The molecule has 7 heteroatoms. The highest BCUT2D eigenvalue weighted by atomic mass is 16.1. The van der Waals surface area contributed by atoms with Gasteiger partial charge in [0, 0.05) is 32.4 Å². The Morgan fingerprint density at radius 1 is 1.12 bits per heavy atom. The molecule has 1 fully saturated rings. The summed E-state index contributed by atoms with van der Waals surface area (Å²) in [5, 5.41) is 9.85. The maximum atomic E-state index is 12.2. The Balaban J connectivity index is 1.46. The van der Waals surface area contributed by atoms with E-state index in [9.17, 15) is 10.1 Å². The second-order valence-electron chi connectivity index (χ2n) is 6.28. The third-order valence-electron chi connectivity index (χ3n) is 4.61. The normalized spacial score (nSPS) is 15.1. The summed E-state index contributed by atoms with van der Waals surface area (Å²) in [7, 11) is 0. The Bertz CT molecular complexity index is 1030. The first-order chi connectivity index (χ1) is 12.7. The first-order valence-corrected chi connectivity index (χ1v) is 8.55. The summed E-state index contributed by atoms with van der Waals surface area (Å²) in [6.45, 7) is 3.80. The van der Waals surface area contributed by atoms with Gasteiger partial charge in [-0.25, -0.2) is 9.97 Å². The van der Waals surface area contributed by atoms with Gasteiger partial charge in [-0.15, -0.1) is 0 Å². The average molecular weight is 346 g/mol. The van der Waals surface area contributed by atoms with Crippen LogP contribution in [0.25, 0.3) is 10.9 Å². The quantitative estimate of drug-likeness (QED) is 0.773. The van der Waals surface area contributed by atoms with Crippen LogP contribution in [0.3, 0.4) is 0 Å². The molecule has 0 bridgehead atoms. The molecule has 130 valence electrons. The van der Waals surface area contributed by atoms with Gasteiger partial charge in [-0.05, 0) is 24.3 Å². The van der Waals surface area contributed by atoms with Gasteiger partial charge in [-0.3, -0.25) is 9.69 Å². The molecule has 3 aromatic rings. The Hall–Kier alpha value is -3.24. The lowest BCUT2D eigenvalue weighted by molar-refractivity contribution is 0.243. The molecule has 0 radical (unpaired) electrons. The third-order valence-corrected chi connectivity index (χ3v) is 4.61. The van der Waals surface area contributed by atoms with E-state index in [0.717, 1.165) is 37.5 Å². The van der Waals surface area contributed by atoms with E-state index in [0.29, 0.717) is 23.3 Å². The predicted molar refractivity (Wildman–Crippen MR) is 98.8 cm³/mol. The fraction of sp³-hybridized carbons (Fsp3) is 0.263. The van der Waals surface area contributed by atoms with Gasteiger partial charge in [-0.1, -0.05) is 12.1 Å². The molecule has 26 heavy (non-hydrogen) atoms. The molecule has 2 aromatic heterocycles. The summed E-state index contributed by atoms with van der Waals surface area (Å²) in [6, 6.07) is 13.1. The average Bonchev–Trinajstić information content (AvgIpc) is 2.69. The fourth-order valence-electron chi connectivity index (χ4n) is 3.28. The SMILES string of the molecule is N#Cc1cccnc1N1CCN(Cc2nc3ccccc3c(=O)[nH]2)CC1. The van der Waals surface area contributed by atoms with E-state index in [2.05, 4.69) is 30.8 Å². The molecule has 7 nitrogen and oxygen atoms in total. The van der Waals surface area contributed by atoms with Crippen LogP contribution in [0, 0.1) is 11.3 Å². The summed E-state index contributed by atoms with van der Waals surface area (Å²) in [4.78, 5) is 28.4. The first kappa shape index (κ1) is 16.2. The van der Waals surface area contributed by atoms with Crippen LogP contribution in [0.2, 0.25) is 0 Å². The number of nitriles is 1. The third kappa shape index (κ3) is 3.15. The van der Waals surface area contributed by atoms with Crippen molar-refractivity contribution in [2.24, 2.45) is 0 Å². The van der Waals surface area contributed by atoms with Crippen LogP contribution in [0.15, 0.2) is 47.4 Å². The zero-order valence-corrected chi connectivity index (χ0v) is 14.2. The maximum Gasteiger partial charge on any atom is 0.258 e. The molecule has 0 amide bonds. The van der Waals surface area contributed by atoms with Crippen LogP contribution >= 0.6 is 0 Å². The molecular formula is C19H18N6O. The smallest absolute Gasteiger partial charge is 0.258 e. The van der Waals surface area contributed by atoms with E-state index >= 15 is 0 Å². The summed E-state index contributed by atoms with van der Waals surface area (Å²) >= 11 is 0. The number of aromatic nitrogens is 3. The predicted octanol–water partition coefficient (Wildman–Crippen LogP) is 1.51. The molecule has 3 heterocycles. The highest BCUT2D eigenvalue weighted by Crippen LogP contribution is 2.18. The largest absolute Gasteiger partial charge is 0.353 e. The van der Waals surface area contributed by atoms with Crippen molar-refractivity contribution in [3.63, 3.8) is 0 Å². The minimum Gasteiger partial charge on any atom is -0.353 e.